The number of nitrogens with one attached hydrogen (secondary N) is 2. The van der Waals surface area contributed by atoms with Gasteiger partial charge in [0.15, 0.2) is 0 Å². The number of benzene rings is 1. The molecule has 0 amide bonds. The van der Waals surface area contributed by atoms with Gasteiger partial charge in [0.05, 0.1) is 0 Å². The van der Waals surface area contributed by atoms with Gasteiger partial charge in [-0.1, -0.05) is 44.2 Å². The minimum Gasteiger partial charge on any atom is -0.316 e. The fourth-order valence-electron chi connectivity index (χ4n) is 2.79. The molecule has 0 bridgehead atoms. The molecule has 100 valence electrons. The molecule has 0 spiro atoms. The summed E-state index contributed by atoms with van der Waals surface area (Å²) in [6.07, 6.45) is 2.68. The molecule has 2 N–H and O–H groups in total. The van der Waals surface area contributed by atoms with Crippen LogP contribution in [0.25, 0.3) is 0 Å². The summed E-state index contributed by atoms with van der Waals surface area (Å²) in [7, 11) is 0. The van der Waals surface area contributed by atoms with E-state index in [1.807, 2.05) is 0 Å². The third-order valence-corrected chi connectivity index (χ3v) is 3.85. The van der Waals surface area contributed by atoms with Crippen molar-refractivity contribution >= 4 is 0 Å². The van der Waals surface area contributed by atoms with Crippen LogP contribution in [0.4, 0.5) is 0 Å². The Hall–Kier alpha value is -0.860. The Bertz CT molecular complexity index is 328. The highest BCUT2D eigenvalue weighted by molar-refractivity contribution is 5.19. The molecule has 18 heavy (non-hydrogen) atoms. The molecule has 1 fully saturated rings. The van der Waals surface area contributed by atoms with Crippen molar-refractivity contribution in [1.29, 1.82) is 0 Å². The fraction of sp³-hybridized carbons (Fsp3) is 0.625. The molecular formula is C16H26N2. The second kappa shape index (κ2) is 6.91. The smallest absolute Gasteiger partial charge is 0.0343 e. The maximum absolute atomic E-state index is 3.77. The van der Waals surface area contributed by atoms with E-state index in [1.165, 1.54) is 31.5 Å². The number of rotatable bonds is 5. The molecule has 2 heteroatoms. The lowest BCUT2D eigenvalue weighted by Gasteiger charge is -2.28. The average molecular weight is 246 g/mol. The average Bonchev–Trinajstić information content (AvgIpc) is 2.41. The van der Waals surface area contributed by atoms with E-state index >= 15 is 0 Å². The molecule has 2 unspecified atom stereocenters. The van der Waals surface area contributed by atoms with E-state index in [-0.39, 0.29) is 0 Å². The Kier molecular flexibility index (Phi) is 5.21. The summed E-state index contributed by atoms with van der Waals surface area (Å²) >= 11 is 0. The topological polar surface area (TPSA) is 24.1 Å². The third-order valence-electron chi connectivity index (χ3n) is 3.85. The van der Waals surface area contributed by atoms with Crippen molar-refractivity contribution in [2.45, 2.75) is 32.7 Å². The lowest BCUT2D eigenvalue weighted by molar-refractivity contribution is 0.320. The molecular weight excluding hydrogens is 220 g/mol. The summed E-state index contributed by atoms with van der Waals surface area (Å²) in [5.41, 5.74) is 1.41. The fourth-order valence-corrected chi connectivity index (χ4v) is 2.79. The van der Waals surface area contributed by atoms with Crippen molar-refractivity contribution in [3.63, 3.8) is 0 Å². The lowest BCUT2D eigenvalue weighted by atomic mass is 9.94. The molecule has 2 atom stereocenters. The van der Waals surface area contributed by atoms with Gasteiger partial charge in [-0.05, 0) is 49.9 Å². The van der Waals surface area contributed by atoms with Crippen LogP contribution < -0.4 is 10.6 Å². The Labute approximate surface area is 111 Å². The van der Waals surface area contributed by atoms with E-state index in [0.717, 1.165) is 12.5 Å². The Morgan fingerprint density at radius 1 is 1.28 bits per heavy atom. The minimum absolute atomic E-state index is 0.480. The van der Waals surface area contributed by atoms with Gasteiger partial charge in [-0.25, -0.2) is 0 Å². The molecule has 0 saturated carbocycles. The second-order valence-corrected chi connectivity index (χ2v) is 5.75. The number of piperidine rings is 1. The van der Waals surface area contributed by atoms with E-state index in [9.17, 15) is 0 Å². The molecule has 0 aromatic heterocycles. The molecule has 1 saturated heterocycles. The molecule has 1 aliphatic rings. The highest BCUT2D eigenvalue weighted by Gasteiger charge is 2.18. The monoisotopic (exact) mass is 246 g/mol. The summed E-state index contributed by atoms with van der Waals surface area (Å²) < 4.78 is 0. The molecule has 1 aromatic carbocycles. The van der Waals surface area contributed by atoms with Gasteiger partial charge in [0, 0.05) is 6.04 Å². The van der Waals surface area contributed by atoms with Crippen LogP contribution >= 0.6 is 0 Å². The summed E-state index contributed by atoms with van der Waals surface area (Å²) in [5, 5.41) is 7.25. The molecule has 0 aliphatic carbocycles. The van der Waals surface area contributed by atoms with Crippen molar-refractivity contribution in [2.75, 3.05) is 19.6 Å². The van der Waals surface area contributed by atoms with Crippen molar-refractivity contribution in [1.82, 2.24) is 10.6 Å². The van der Waals surface area contributed by atoms with Gasteiger partial charge < -0.3 is 10.6 Å². The maximum Gasteiger partial charge on any atom is 0.0343 e. The van der Waals surface area contributed by atoms with Gasteiger partial charge in [0.25, 0.3) is 0 Å². The second-order valence-electron chi connectivity index (χ2n) is 5.75. The van der Waals surface area contributed by atoms with E-state index in [4.69, 9.17) is 0 Å². The van der Waals surface area contributed by atoms with Crippen LogP contribution in [0.1, 0.15) is 38.3 Å². The summed E-state index contributed by atoms with van der Waals surface area (Å²) in [6, 6.07) is 11.3. The van der Waals surface area contributed by atoms with Crippen LogP contribution in [0.2, 0.25) is 0 Å². The first-order chi connectivity index (χ1) is 8.77. The molecule has 1 aliphatic heterocycles. The molecule has 1 aromatic rings. The highest BCUT2D eigenvalue weighted by atomic mass is 14.9. The largest absolute Gasteiger partial charge is 0.316 e. The first kappa shape index (κ1) is 13.6. The SMILES string of the molecule is CC(C)C(NCC1CCCNC1)c1ccccc1. The van der Waals surface area contributed by atoms with Crippen LogP contribution in [-0.2, 0) is 0 Å². The molecule has 2 rings (SSSR count). The van der Waals surface area contributed by atoms with Gasteiger partial charge in [0.2, 0.25) is 0 Å². The van der Waals surface area contributed by atoms with Gasteiger partial charge in [-0.15, -0.1) is 0 Å². The molecule has 2 nitrogen and oxygen atoms in total. The summed E-state index contributed by atoms with van der Waals surface area (Å²) in [4.78, 5) is 0. The summed E-state index contributed by atoms with van der Waals surface area (Å²) in [6.45, 7) is 8.09. The molecule has 0 radical (unpaired) electrons. The Balaban J connectivity index is 1.90. The van der Waals surface area contributed by atoms with E-state index in [2.05, 4.69) is 54.8 Å². The van der Waals surface area contributed by atoms with Crippen LogP contribution in [0.5, 0.6) is 0 Å². The van der Waals surface area contributed by atoms with Crippen LogP contribution in [0.15, 0.2) is 30.3 Å². The van der Waals surface area contributed by atoms with Crippen molar-refractivity contribution in [2.24, 2.45) is 11.8 Å². The first-order valence-electron chi connectivity index (χ1n) is 7.26. The van der Waals surface area contributed by atoms with Crippen LogP contribution in [0.3, 0.4) is 0 Å². The van der Waals surface area contributed by atoms with E-state index < -0.39 is 0 Å². The zero-order valence-corrected chi connectivity index (χ0v) is 11.7. The zero-order valence-electron chi connectivity index (χ0n) is 11.7. The lowest BCUT2D eigenvalue weighted by Crippen LogP contribution is -2.38. The Morgan fingerprint density at radius 3 is 2.67 bits per heavy atom. The van der Waals surface area contributed by atoms with Crippen molar-refractivity contribution in [3.8, 4) is 0 Å². The van der Waals surface area contributed by atoms with Gasteiger partial charge in [-0.3, -0.25) is 0 Å². The third kappa shape index (κ3) is 3.82. The minimum atomic E-state index is 0.480. The van der Waals surface area contributed by atoms with Gasteiger partial charge in [0.1, 0.15) is 0 Å². The molecule has 1 heterocycles. The predicted molar refractivity (Wildman–Crippen MR) is 77.6 cm³/mol. The first-order valence-corrected chi connectivity index (χ1v) is 7.26. The summed E-state index contributed by atoms with van der Waals surface area (Å²) in [5.74, 6) is 1.42. The van der Waals surface area contributed by atoms with Crippen LogP contribution in [-0.4, -0.2) is 19.6 Å². The zero-order chi connectivity index (χ0) is 12.8. The Morgan fingerprint density at radius 2 is 2.06 bits per heavy atom. The van der Waals surface area contributed by atoms with Gasteiger partial charge >= 0.3 is 0 Å². The quantitative estimate of drug-likeness (QED) is 0.834. The van der Waals surface area contributed by atoms with Gasteiger partial charge in [-0.2, -0.15) is 0 Å². The normalized spacial score (nSPS) is 22.1. The maximum atomic E-state index is 3.77. The number of hydrogen-bond acceptors (Lipinski definition) is 2. The van der Waals surface area contributed by atoms with E-state index in [1.54, 1.807) is 0 Å². The highest BCUT2D eigenvalue weighted by Crippen LogP contribution is 2.22. The van der Waals surface area contributed by atoms with Crippen LogP contribution in [0, 0.1) is 11.8 Å². The standard InChI is InChI=1S/C16H26N2/c1-13(2)16(15-8-4-3-5-9-15)18-12-14-7-6-10-17-11-14/h3-5,8-9,13-14,16-18H,6-7,10-12H2,1-2H3. The van der Waals surface area contributed by atoms with E-state index in [0.29, 0.717) is 12.0 Å². The number of hydrogen-bond donors (Lipinski definition) is 2. The van der Waals surface area contributed by atoms with Crippen molar-refractivity contribution in [3.05, 3.63) is 35.9 Å². The predicted octanol–water partition coefficient (Wildman–Crippen LogP) is 2.97. The van der Waals surface area contributed by atoms with Crippen molar-refractivity contribution < 1.29 is 0 Å².